The monoisotopic (exact) mass is 456 g/mol. The van der Waals surface area contributed by atoms with E-state index in [1.807, 2.05) is 50.5 Å². The first-order chi connectivity index (χ1) is 16.6. The van der Waals surface area contributed by atoms with Crippen LogP contribution in [0, 0.1) is 12.8 Å². The van der Waals surface area contributed by atoms with E-state index in [-0.39, 0.29) is 11.8 Å². The number of hydrogen-bond acceptors (Lipinski definition) is 6. The van der Waals surface area contributed by atoms with Crippen LogP contribution < -0.4 is 10.2 Å². The van der Waals surface area contributed by atoms with E-state index in [4.69, 9.17) is 14.7 Å². The average molecular weight is 457 g/mol. The Kier molecular flexibility index (Phi) is 5.17. The molecular weight excluding hydrogens is 428 g/mol. The molecule has 0 bridgehead atoms. The number of fused-ring (bicyclic) bond motifs is 2. The van der Waals surface area contributed by atoms with Crippen LogP contribution in [0.4, 0.5) is 17.3 Å². The summed E-state index contributed by atoms with van der Waals surface area (Å²) in [5.41, 5.74) is 5.36. The van der Waals surface area contributed by atoms with Gasteiger partial charge >= 0.3 is 0 Å². The molecule has 1 aliphatic carbocycles. The molecule has 6 rings (SSSR count). The third-order valence-corrected chi connectivity index (χ3v) is 6.88. The highest BCUT2D eigenvalue weighted by Gasteiger charge is 2.30. The number of anilines is 3. The quantitative estimate of drug-likeness (QED) is 0.447. The topological polar surface area (TPSA) is 96.0 Å². The highest BCUT2D eigenvalue weighted by Crippen LogP contribution is 2.41. The van der Waals surface area contributed by atoms with Crippen LogP contribution in [-0.2, 0) is 9.53 Å². The van der Waals surface area contributed by atoms with Gasteiger partial charge in [-0.05, 0) is 50.3 Å². The summed E-state index contributed by atoms with van der Waals surface area (Å²) < 4.78 is 5.45. The summed E-state index contributed by atoms with van der Waals surface area (Å²) in [6.07, 6.45) is 5.65. The number of para-hydroxylation sites is 1. The van der Waals surface area contributed by atoms with Gasteiger partial charge in [-0.3, -0.25) is 4.79 Å². The SMILES string of the molecule is Cc1cccc2cnc(Nc3cc(N(C)C(=O)C4CCOCC4)c4nc(C5CC5)[nH]c4c3)nc12. The molecule has 8 heteroatoms. The molecule has 1 saturated heterocycles. The number of nitrogens with zero attached hydrogens (tertiary/aromatic N) is 4. The Morgan fingerprint density at radius 1 is 1.12 bits per heavy atom. The largest absolute Gasteiger partial charge is 0.381 e. The molecule has 1 saturated carbocycles. The van der Waals surface area contributed by atoms with Crippen molar-refractivity contribution in [3.8, 4) is 0 Å². The molecule has 1 amide bonds. The highest BCUT2D eigenvalue weighted by molar-refractivity contribution is 6.03. The fourth-order valence-electron chi connectivity index (χ4n) is 4.73. The molecule has 34 heavy (non-hydrogen) atoms. The van der Waals surface area contributed by atoms with Crippen molar-refractivity contribution >= 4 is 45.2 Å². The second-order valence-corrected chi connectivity index (χ2v) is 9.40. The molecule has 4 aromatic rings. The molecule has 0 spiro atoms. The standard InChI is InChI=1S/C26H28N6O2/c1-15-4-3-5-18-14-27-26(31-22(15)18)28-19-12-20-23(30-24(29-20)16-6-7-16)21(13-19)32(2)25(33)17-8-10-34-11-9-17/h3-5,12-14,16-17H,6-11H2,1-2H3,(H,29,30)(H,27,28,31). The zero-order valence-corrected chi connectivity index (χ0v) is 19.5. The third-order valence-electron chi connectivity index (χ3n) is 6.88. The van der Waals surface area contributed by atoms with Crippen molar-refractivity contribution in [3.63, 3.8) is 0 Å². The Morgan fingerprint density at radius 2 is 1.94 bits per heavy atom. The van der Waals surface area contributed by atoms with Crippen LogP contribution in [0.2, 0.25) is 0 Å². The van der Waals surface area contributed by atoms with Crippen molar-refractivity contribution < 1.29 is 9.53 Å². The van der Waals surface area contributed by atoms with Gasteiger partial charge in [-0.2, -0.15) is 0 Å². The molecule has 174 valence electrons. The maximum Gasteiger partial charge on any atom is 0.230 e. The lowest BCUT2D eigenvalue weighted by molar-refractivity contribution is -0.124. The van der Waals surface area contributed by atoms with Gasteiger partial charge in [0.2, 0.25) is 11.9 Å². The number of aryl methyl sites for hydroxylation is 1. The van der Waals surface area contributed by atoms with E-state index in [0.29, 0.717) is 25.1 Å². The first kappa shape index (κ1) is 21.0. The predicted octanol–water partition coefficient (Wildman–Crippen LogP) is 4.82. The van der Waals surface area contributed by atoms with E-state index in [2.05, 4.69) is 15.3 Å². The van der Waals surface area contributed by atoms with Crippen LogP contribution in [0.25, 0.3) is 21.9 Å². The van der Waals surface area contributed by atoms with Crippen molar-refractivity contribution in [1.29, 1.82) is 0 Å². The van der Waals surface area contributed by atoms with Crippen molar-refractivity contribution in [3.05, 3.63) is 47.9 Å². The van der Waals surface area contributed by atoms with Gasteiger partial charge in [-0.25, -0.2) is 15.0 Å². The van der Waals surface area contributed by atoms with Crippen molar-refractivity contribution in [2.24, 2.45) is 5.92 Å². The first-order valence-electron chi connectivity index (χ1n) is 11.9. The molecule has 0 radical (unpaired) electrons. The van der Waals surface area contributed by atoms with Gasteiger partial charge in [0.05, 0.1) is 16.7 Å². The maximum atomic E-state index is 13.3. The smallest absolute Gasteiger partial charge is 0.230 e. The molecular formula is C26H28N6O2. The summed E-state index contributed by atoms with van der Waals surface area (Å²) in [6, 6.07) is 10.1. The summed E-state index contributed by atoms with van der Waals surface area (Å²) in [7, 11) is 1.84. The minimum Gasteiger partial charge on any atom is -0.381 e. The fourth-order valence-corrected chi connectivity index (χ4v) is 4.73. The Hall–Kier alpha value is -3.52. The molecule has 1 aliphatic heterocycles. The van der Waals surface area contributed by atoms with E-state index in [9.17, 15) is 4.79 Å². The van der Waals surface area contributed by atoms with Gasteiger partial charge in [0.1, 0.15) is 11.3 Å². The van der Waals surface area contributed by atoms with Gasteiger partial charge in [0.25, 0.3) is 0 Å². The number of ether oxygens (including phenoxy) is 1. The lowest BCUT2D eigenvalue weighted by atomic mass is 9.98. The first-order valence-corrected chi connectivity index (χ1v) is 11.9. The summed E-state index contributed by atoms with van der Waals surface area (Å²) in [5, 5.41) is 4.36. The molecule has 2 aliphatic rings. The van der Waals surface area contributed by atoms with Crippen LogP contribution in [-0.4, -0.2) is 46.1 Å². The summed E-state index contributed by atoms with van der Waals surface area (Å²) in [6.45, 7) is 3.31. The summed E-state index contributed by atoms with van der Waals surface area (Å²) >= 11 is 0. The molecule has 2 aromatic heterocycles. The second kappa shape index (κ2) is 8.36. The van der Waals surface area contributed by atoms with Crippen molar-refractivity contribution in [1.82, 2.24) is 19.9 Å². The number of amides is 1. The molecule has 0 atom stereocenters. The minimum absolute atomic E-state index is 0.0287. The van der Waals surface area contributed by atoms with Crippen LogP contribution in [0.15, 0.2) is 36.5 Å². The molecule has 8 nitrogen and oxygen atoms in total. The zero-order chi connectivity index (χ0) is 23.2. The molecule has 2 N–H and O–H groups in total. The van der Waals surface area contributed by atoms with E-state index in [0.717, 1.165) is 70.4 Å². The van der Waals surface area contributed by atoms with Crippen LogP contribution in [0.5, 0.6) is 0 Å². The fraction of sp³-hybridized carbons (Fsp3) is 0.385. The number of aromatic nitrogens is 4. The molecule has 2 fully saturated rings. The number of hydrogen-bond donors (Lipinski definition) is 2. The number of imidazole rings is 1. The zero-order valence-electron chi connectivity index (χ0n) is 19.5. The van der Waals surface area contributed by atoms with E-state index < -0.39 is 0 Å². The van der Waals surface area contributed by atoms with E-state index in [1.54, 1.807) is 4.90 Å². The Morgan fingerprint density at radius 3 is 2.74 bits per heavy atom. The minimum atomic E-state index is -0.0287. The number of H-pyrrole nitrogens is 1. The normalized spacial score (nSPS) is 16.8. The molecule has 2 aromatic carbocycles. The molecule has 3 heterocycles. The van der Waals surface area contributed by atoms with Crippen LogP contribution in [0.1, 0.15) is 43.0 Å². The summed E-state index contributed by atoms with van der Waals surface area (Å²) in [4.78, 5) is 32.7. The number of carbonyl (C=O) groups is 1. The lowest BCUT2D eigenvalue weighted by Crippen LogP contribution is -2.36. The highest BCUT2D eigenvalue weighted by atomic mass is 16.5. The summed E-state index contributed by atoms with van der Waals surface area (Å²) in [5.74, 6) is 2.08. The number of nitrogens with one attached hydrogen (secondary N) is 2. The number of benzene rings is 2. The lowest BCUT2D eigenvalue weighted by Gasteiger charge is -2.27. The second-order valence-electron chi connectivity index (χ2n) is 9.40. The predicted molar refractivity (Wildman–Crippen MR) is 133 cm³/mol. The number of carbonyl (C=O) groups excluding carboxylic acids is 1. The Labute approximate surface area is 197 Å². The van der Waals surface area contributed by atoms with E-state index >= 15 is 0 Å². The number of aromatic amines is 1. The molecule has 0 unspecified atom stereocenters. The van der Waals surface area contributed by atoms with Crippen LogP contribution in [0.3, 0.4) is 0 Å². The van der Waals surface area contributed by atoms with Crippen molar-refractivity contribution in [2.45, 2.75) is 38.5 Å². The average Bonchev–Trinajstić information content (AvgIpc) is 3.63. The van der Waals surface area contributed by atoms with Gasteiger partial charge in [0.15, 0.2) is 0 Å². The maximum absolute atomic E-state index is 13.3. The number of rotatable bonds is 5. The third kappa shape index (κ3) is 3.88. The van der Waals surface area contributed by atoms with Crippen LogP contribution >= 0.6 is 0 Å². The van der Waals surface area contributed by atoms with Gasteiger partial charge in [0, 0.05) is 49.4 Å². The van der Waals surface area contributed by atoms with Gasteiger partial charge < -0.3 is 19.9 Å². The Balaban J connectivity index is 1.39. The van der Waals surface area contributed by atoms with Gasteiger partial charge in [-0.1, -0.05) is 18.2 Å². The van der Waals surface area contributed by atoms with E-state index in [1.165, 1.54) is 0 Å². The Bertz CT molecular complexity index is 1390. The van der Waals surface area contributed by atoms with Crippen molar-refractivity contribution in [2.75, 3.05) is 30.5 Å². The van der Waals surface area contributed by atoms with Gasteiger partial charge in [-0.15, -0.1) is 0 Å².